The molecule has 24 heavy (non-hydrogen) atoms. The van der Waals surface area contributed by atoms with Gasteiger partial charge in [-0.15, -0.1) is 0 Å². The molecule has 0 aliphatic carbocycles. The zero-order chi connectivity index (χ0) is 17.5. The minimum Gasteiger partial charge on any atom is -0.343 e. The van der Waals surface area contributed by atoms with E-state index in [1.807, 2.05) is 17.0 Å². The summed E-state index contributed by atoms with van der Waals surface area (Å²) in [6.07, 6.45) is 5.01. The van der Waals surface area contributed by atoms with E-state index in [9.17, 15) is 9.59 Å². The van der Waals surface area contributed by atoms with Crippen LogP contribution in [-0.4, -0.2) is 36.3 Å². The Kier molecular flexibility index (Phi) is 6.83. The Hall–Kier alpha value is -1.84. The second-order valence-electron chi connectivity index (χ2n) is 6.96. The van der Waals surface area contributed by atoms with Crippen LogP contribution in [0.15, 0.2) is 24.3 Å². The molecule has 132 valence electrons. The summed E-state index contributed by atoms with van der Waals surface area (Å²) in [4.78, 5) is 28.1. The average Bonchev–Trinajstić information content (AvgIpc) is 2.84. The highest BCUT2D eigenvalue weighted by atomic mass is 16.2. The molecular weight excluding hydrogens is 300 g/mol. The van der Waals surface area contributed by atoms with Crippen molar-refractivity contribution >= 4 is 17.5 Å². The van der Waals surface area contributed by atoms with Gasteiger partial charge in [0, 0.05) is 38.7 Å². The monoisotopic (exact) mass is 330 g/mol. The Labute approximate surface area is 145 Å². The number of likely N-dealkylation sites (tertiary alicyclic amines) is 1. The van der Waals surface area contributed by atoms with Gasteiger partial charge in [-0.1, -0.05) is 38.8 Å². The number of hydrogen-bond donors (Lipinski definition) is 0. The van der Waals surface area contributed by atoms with Crippen LogP contribution >= 0.6 is 0 Å². The molecule has 1 aliphatic heterocycles. The Bertz CT molecular complexity index is 543. The fourth-order valence-electron chi connectivity index (χ4n) is 3.19. The maximum absolute atomic E-state index is 12.4. The minimum atomic E-state index is -0.0176. The molecule has 0 unspecified atom stereocenters. The number of benzene rings is 1. The lowest BCUT2D eigenvalue weighted by Gasteiger charge is -2.24. The molecule has 4 nitrogen and oxygen atoms in total. The first-order chi connectivity index (χ1) is 11.5. The van der Waals surface area contributed by atoms with E-state index in [1.54, 1.807) is 11.8 Å². The predicted molar refractivity (Wildman–Crippen MR) is 98.2 cm³/mol. The Morgan fingerprint density at radius 3 is 2.12 bits per heavy atom. The molecule has 0 spiro atoms. The van der Waals surface area contributed by atoms with Gasteiger partial charge in [0.15, 0.2) is 0 Å². The lowest BCUT2D eigenvalue weighted by atomic mass is 10.0. The molecule has 0 aromatic heterocycles. The van der Waals surface area contributed by atoms with E-state index in [1.165, 1.54) is 18.4 Å². The topological polar surface area (TPSA) is 40.6 Å². The standard InChI is InChI=1S/C20H30N2O2/c1-16(2)18-8-10-19(11-9-18)22(17(3)23)15-12-20(24)21-13-6-4-5-7-14-21/h8-11,16H,4-7,12-15H2,1-3H3. The van der Waals surface area contributed by atoms with Crippen molar-refractivity contribution in [3.8, 4) is 0 Å². The van der Waals surface area contributed by atoms with Gasteiger partial charge in [0.2, 0.25) is 11.8 Å². The smallest absolute Gasteiger partial charge is 0.224 e. The third-order valence-electron chi connectivity index (χ3n) is 4.76. The van der Waals surface area contributed by atoms with Crippen LogP contribution in [0, 0.1) is 0 Å². The number of hydrogen-bond acceptors (Lipinski definition) is 2. The van der Waals surface area contributed by atoms with Crippen LogP contribution in [-0.2, 0) is 9.59 Å². The third kappa shape index (κ3) is 5.08. The van der Waals surface area contributed by atoms with Crippen LogP contribution in [0.2, 0.25) is 0 Å². The van der Waals surface area contributed by atoms with Gasteiger partial charge in [0.25, 0.3) is 0 Å². The Morgan fingerprint density at radius 1 is 1.04 bits per heavy atom. The van der Waals surface area contributed by atoms with Gasteiger partial charge >= 0.3 is 0 Å². The fourth-order valence-corrected chi connectivity index (χ4v) is 3.19. The van der Waals surface area contributed by atoms with Crippen LogP contribution in [0.1, 0.15) is 64.4 Å². The second kappa shape index (κ2) is 8.86. The van der Waals surface area contributed by atoms with Crippen molar-refractivity contribution in [1.82, 2.24) is 4.90 Å². The molecule has 4 heteroatoms. The molecule has 0 saturated carbocycles. The van der Waals surface area contributed by atoms with E-state index in [0.29, 0.717) is 18.9 Å². The van der Waals surface area contributed by atoms with Gasteiger partial charge < -0.3 is 9.80 Å². The van der Waals surface area contributed by atoms with Gasteiger partial charge in [-0.3, -0.25) is 9.59 Å². The fraction of sp³-hybridized carbons (Fsp3) is 0.600. The highest BCUT2D eigenvalue weighted by Gasteiger charge is 2.18. The second-order valence-corrected chi connectivity index (χ2v) is 6.96. The summed E-state index contributed by atoms with van der Waals surface area (Å²) >= 11 is 0. The van der Waals surface area contributed by atoms with Crippen molar-refractivity contribution in [1.29, 1.82) is 0 Å². The van der Waals surface area contributed by atoms with Crippen LogP contribution in [0.3, 0.4) is 0 Å². The van der Waals surface area contributed by atoms with Crippen molar-refractivity contribution < 1.29 is 9.59 Å². The number of carbonyl (C=O) groups is 2. The maximum Gasteiger partial charge on any atom is 0.224 e. The lowest BCUT2D eigenvalue weighted by Crippen LogP contribution is -2.36. The molecule has 0 bridgehead atoms. The van der Waals surface area contributed by atoms with Gasteiger partial charge in [-0.05, 0) is 36.5 Å². The molecule has 1 saturated heterocycles. The number of anilines is 1. The molecule has 1 heterocycles. The SMILES string of the molecule is CC(=O)N(CCC(=O)N1CCCCCC1)c1ccc(C(C)C)cc1. The van der Waals surface area contributed by atoms with Gasteiger partial charge in [-0.25, -0.2) is 0 Å². The quantitative estimate of drug-likeness (QED) is 0.820. The van der Waals surface area contributed by atoms with Crippen molar-refractivity contribution in [2.24, 2.45) is 0 Å². The normalized spacial score (nSPS) is 15.2. The first-order valence-corrected chi connectivity index (χ1v) is 9.15. The summed E-state index contributed by atoms with van der Waals surface area (Å²) in [5.74, 6) is 0.618. The van der Waals surface area contributed by atoms with E-state index < -0.39 is 0 Å². The molecule has 0 N–H and O–H groups in total. The Morgan fingerprint density at radius 2 is 1.62 bits per heavy atom. The van der Waals surface area contributed by atoms with Crippen molar-refractivity contribution in [2.75, 3.05) is 24.5 Å². The summed E-state index contributed by atoms with van der Waals surface area (Å²) in [5.41, 5.74) is 2.12. The summed E-state index contributed by atoms with van der Waals surface area (Å²) < 4.78 is 0. The molecule has 2 amide bonds. The van der Waals surface area contributed by atoms with Gasteiger partial charge in [0.05, 0.1) is 0 Å². The summed E-state index contributed by atoms with van der Waals surface area (Å²) in [6, 6.07) is 8.08. The third-order valence-corrected chi connectivity index (χ3v) is 4.76. The predicted octanol–water partition coefficient (Wildman–Crippen LogP) is 3.96. The summed E-state index contributed by atoms with van der Waals surface area (Å²) in [5, 5.41) is 0. The zero-order valence-electron chi connectivity index (χ0n) is 15.3. The molecule has 0 atom stereocenters. The first kappa shape index (κ1) is 18.5. The zero-order valence-corrected chi connectivity index (χ0v) is 15.3. The highest BCUT2D eigenvalue weighted by Crippen LogP contribution is 2.21. The van der Waals surface area contributed by atoms with E-state index in [2.05, 4.69) is 26.0 Å². The summed E-state index contributed by atoms with van der Waals surface area (Å²) in [6.45, 7) is 8.04. The van der Waals surface area contributed by atoms with Crippen LogP contribution < -0.4 is 4.90 Å². The molecule has 0 radical (unpaired) electrons. The minimum absolute atomic E-state index is 0.0176. The van der Waals surface area contributed by atoms with Crippen molar-refractivity contribution in [3.05, 3.63) is 29.8 Å². The van der Waals surface area contributed by atoms with Crippen LogP contribution in [0.25, 0.3) is 0 Å². The van der Waals surface area contributed by atoms with Crippen LogP contribution in [0.5, 0.6) is 0 Å². The van der Waals surface area contributed by atoms with Gasteiger partial charge in [0.1, 0.15) is 0 Å². The van der Waals surface area contributed by atoms with E-state index >= 15 is 0 Å². The number of amides is 2. The highest BCUT2D eigenvalue weighted by molar-refractivity contribution is 5.92. The van der Waals surface area contributed by atoms with Gasteiger partial charge in [-0.2, -0.15) is 0 Å². The number of rotatable bonds is 5. The van der Waals surface area contributed by atoms with E-state index in [0.717, 1.165) is 31.6 Å². The van der Waals surface area contributed by atoms with E-state index in [-0.39, 0.29) is 11.8 Å². The first-order valence-electron chi connectivity index (χ1n) is 9.15. The molecule has 1 aromatic carbocycles. The average molecular weight is 330 g/mol. The molecule has 1 aromatic rings. The summed E-state index contributed by atoms with van der Waals surface area (Å²) in [7, 11) is 0. The molecule has 1 aliphatic rings. The number of nitrogens with zero attached hydrogens (tertiary/aromatic N) is 2. The van der Waals surface area contributed by atoms with Crippen molar-refractivity contribution in [3.63, 3.8) is 0 Å². The van der Waals surface area contributed by atoms with Crippen LogP contribution in [0.4, 0.5) is 5.69 Å². The molecule has 1 fully saturated rings. The molecular formula is C20H30N2O2. The maximum atomic E-state index is 12.4. The Balaban J connectivity index is 1.98. The largest absolute Gasteiger partial charge is 0.343 e. The lowest BCUT2D eigenvalue weighted by molar-refractivity contribution is -0.131. The molecule has 2 rings (SSSR count). The van der Waals surface area contributed by atoms with E-state index in [4.69, 9.17) is 0 Å². The van der Waals surface area contributed by atoms with Crippen molar-refractivity contribution in [2.45, 2.75) is 58.8 Å². The number of carbonyl (C=O) groups excluding carboxylic acids is 2.